The first-order valence-corrected chi connectivity index (χ1v) is 6.76. The third-order valence-corrected chi connectivity index (χ3v) is 4.51. The molecule has 1 aliphatic rings. The highest BCUT2D eigenvalue weighted by Gasteiger charge is 2.26. The van der Waals surface area contributed by atoms with E-state index in [0.29, 0.717) is 6.04 Å². The lowest BCUT2D eigenvalue weighted by molar-refractivity contribution is 0.206. The van der Waals surface area contributed by atoms with E-state index in [1.165, 1.54) is 24.1 Å². The van der Waals surface area contributed by atoms with E-state index < -0.39 is 0 Å². The fourth-order valence-electron chi connectivity index (χ4n) is 2.43. The van der Waals surface area contributed by atoms with Gasteiger partial charge in [0, 0.05) is 23.7 Å². The van der Waals surface area contributed by atoms with Crippen LogP contribution < -0.4 is 5.32 Å². The minimum atomic E-state index is 0.704. The van der Waals surface area contributed by atoms with Crippen molar-refractivity contribution in [1.29, 1.82) is 0 Å². The fourth-order valence-corrected chi connectivity index (χ4v) is 2.98. The molecule has 0 aliphatic heterocycles. The second-order valence-corrected chi connectivity index (χ2v) is 5.69. The number of rotatable bonds is 3. The first-order chi connectivity index (χ1) is 7.27. The Labute approximate surface area is 96.1 Å². The fraction of sp³-hybridized carbons (Fsp3) is 0.750. The monoisotopic (exact) mass is 224 g/mol. The Morgan fingerprint density at radius 3 is 3.07 bits per heavy atom. The van der Waals surface area contributed by atoms with Crippen LogP contribution in [0.3, 0.4) is 0 Å². The van der Waals surface area contributed by atoms with Crippen LogP contribution in [0, 0.1) is 11.8 Å². The van der Waals surface area contributed by atoms with E-state index in [2.05, 4.69) is 24.1 Å². The number of nitrogens with one attached hydrogen (secondary N) is 1. The van der Waals surface area contributed by atoms with Crippen molar-refractivity contribution < 1.29 is 0 Å². The van der Waals surface area contributed by atoms with E-state index >= 15 is 0 Å². The van der Waals surface area contributed by atoms with E-state index in [1.807, 2.05) is 11.7 Å². The molecule has 0 spiro atoms. The molecule has 0 amide bonds. The maximum atomic E-state index is 4.10. The zero-order chi connectivity index (χ0) is 10.7. The maximum Gasteiger partial charge on any atom is 0.0794 e. The third-order valence-electron chi connectivity index (χ3n) is 3.73. The minimum absolute atomic E-state index is 0.704. The maximum absolute atomic E-state index is 4.10. The van der Waals surface area contributed by atoms with Gasteiger partial charge in [0.25, 0.3) is 0 Å². The molecule has 1 fully saturated rings. The number of hydrogen-bond acceptors (Lipinski definition) is 3. The second-order valence-electron chi connectivity index (χ2n) is 4.72. The largest absolute Gasteiger partial charge is 0.309 e. The molecule has 15 heavy (non-hydrogen) atoms. The lowest BCUT2D eigenvalue weighted by Gasteiger charge is -2.34. The lowest BCUT2D eigenvalue weighted by Crippen LogP contribution is -2.40. The van der Waals surface area contributed by atoms with Gasteiger partial charge in [-0.3, -0.25) is 4.98 Å². The summed E-state index contributed by atoms with van der Waals surface area (Å²) in [4.78, 5) is 5.45. The second kappa shape index (κ2) is 5.08. The smallest absolute Gasteiger partial charge is 0.0794 e. The summed E-state index contributed by atoms with van der Waals surface area (Å²) in [5.74, 6) is 1.68. The molecule has 3 atom stereocenters. The average Bonchev–Trinajstić information content (AvgIpc) is 2.73. The molecule has 2 rings (SSSR count). The van der Waals surface area contributed by atoms with Gasteiger partial charge in [-0.15, -0.1) is 11.3 Å². The molecule has 2 nitrogen and oxygen atoms in total. The predicted octanol–water partition coefficient (Wildman–Crippen LogP) is 3.06. The Morgan fingerprint density at radius 2 is 2.33 bits per heavy atom. The molecule has 0 saturated heterocycles. The van der Waals surface area contributed by atoms with Crippen LogP contribution >= 0.6 is 11.3 Å². The molecule has 0 unspecified atom stereocenters. The zero-order valence-electron chi connectivity index (χ0n) is 9.57. The topological polar surface area (TPSA) is 24.9 Å². The van der Waals surface area contributed by atoms with Gasteiger partial charge in [-0.25, -0.2) is 0 Å². The summed E-state index contributed by atoms with van der Waals surface area (Å²) in [6.45, 7) is 5.76. The number of nitrogens with zero attached hydrogens (tertiary/aromatic N) is 1. The summed E-state index contributed by atoms with van der Waals surface area (Å²) in [6, 6.07) is 0.704. The highest BCUT2D eigenvalue weighted by molar-refractivity contribution is 7.09. The average molecular weight is 224 g/mol. The van der Waals surface area contributed by atoms with Gasteiger partial charge in [-0.2, -0.15) is 0 Å². The van der Waals surface area contributed by atoms with Gasteiger partial charge in [-0.05, 0) is 18.3 Å². The molecule has 1 aromatic rings. The molecule has 1 aromatic heterocycles. The van der Waals surface area contributed by atoms with Crippen LogP contribution in [0.1, 0.15) is 38.0 Å². The molecule has 1 aliphatic carbocycles. The Morgan fingerprint density at radius 1 is 1.47 bits per heavy atom. The molecule has 84 valence electrons. The summed E-state index contributed by atoms with van der Waals surface area (Å²) in [7, 11) is 0. The van der Waals surface area contributed by atoms with Gasteiger partial charge in [0.05, 0.1) is 5.51 Å². The molecule has 0 aromatic carbocycles. The van der Waals surface area contributed by atoms with E-state index in [0.717, 1.165) is 18.4 Å². The van der Waals surface area contributed by atoms with Crippen molar-refractivity contribution in [2.75, 3.05) is 0 Å². The molecular weight excluding hydrogens is 204 g/mol. The van der Waals surface area contributed by atoms with Crippen LogP contribution in [-0.2, 0) is 6.54 Å². The molecular formula is C12H20N2S. The van der Waals surface area contributed by atoms with E-state index in [4.69, 9.17) is 0 Å². The van der Waals surface area contributed by atoms with Crippen LogP contribution in [0.15, 0.2) is 11.7 Å². The van der Waals surface area contributed by atoms with Gasteiger partial charge in [-0.1, -0.05) is 26.7 Å². The zero-order valence-corrected chi connectivity index (χ0v) is 10.4. The normalized spacial score (nSPS) is 31.7. The van der Waals surface area contributed by atoms with Crippen molar-refractivity contribution in [3.05, 3.63) is 16.6 Å². The SMILES string of the molecule is C[C@H]1[C@@H](NCc2cncs2)CCC[C@@H]1C. The van der Waals surface area contributed by atoms with Crippen molar-refractivity contribution in [2.45, 2.75) is 45.7 Å². The van der Waals surface area contributed by atoms with Gasteiger partial charge >= 0.3 is 0 Å². The van der Waals surface area contributed by atoms with Crippen molar-refractivity contribution in [3.63, 3.8) is 0 Å². The number of hydrogen-bond donors (Lipinski definition) is 1. The Balaban J connectivity index is 1.83. The van der Waals surface area contributed by atoms with Crippen molar-refractivity contribution in [2.24, 2.45) is 11.8 Å². The number of thiazole rings is 1. The van der Waals surface area contributed by atoms with E-state index in [-0.39, 0.29) is 0 Å². The Hall–Kier alpha value is -0.410. The Bertz CT molecular complexity index is 284. The third kappa shape index (κ3) is 2.79. The van der Waals surface area contributed by atoms with E-state index in [9.17, 15) is 0 Å². The van der Waals surface area contributed by atoms with Crippen LogP contribution in [0.5, 0.6) is 0 Å². The number of aromatic nitrogens is 1. The molecule has 3 heteroatoms. The highest BCUT2D eigenvalue weighted by Crippen LogP contribution is 2.29. The van der Waals surface area contributed by atoms with Gasteiger partial charge in [0.15, 0.2) is 0 Å². The first kappa shape index (κ1) is 11.1. The predicted molar refractivity (Wildman–Crippen MR) is 64.9 cm³/mol. The van der Waals surface area contributed by atoms with Crippen molar-refractivity contribution in [3.8, 4) is 0 Å². The summed E-state index contributed by atoms with van der Waals surface area (Å²) < 4.78 is 0. The molecule has 1 saturated carbocycles. The van der Waals surface area contributed by atoms with Crippen LogP contribution in [-0.4, -0.2) is 11.0 Å². The standard InChI is InChI=1S/C12H20N2S/c1-9-4-3-5-12(10(9)2)14-7-11-6-13-8-15-11/h6,8-10,12,14H,3-5,7H2,1-2H3/t9-,10+,12-/m0/s1. The van der Waals surface area contributed by atoms with E-state index in [1.54, 1.807) is 11.3 Å². The van der Waals surface area contributed by atoms with Crippen molar-refractivity contribution in [1.82, 2.24) is 10.3 Å². The quantitative estimate of drug-likeness (QED) is 0.853. The van der Waals surface area contributed by atoms with Gasteiger partial charge in [0.1, 0.15) is 0 Å². The van der Waals surface area contributed by atoms with Gasteiger partial charge < -0.3 is 5.32 Å². The summed E-state index contributed by atoms with van der Waals surface area (Å²) in [5, 5.41) is 3.67. The van der Waals surface area contributed by atoms with Crippen molar-refractivity contribution >= 4 is 11.3 Å². The first-order valence-electron chi connectivity index (χ1n) is 5.88. The van der Waals surface area contributed by atoms with Crippen LogP contribution in [0.2, 0.25) is 0 Å². The molecule has 0 bridgehead atoms. The summed E-state index contributed by atoms with van der Waals surface area (Å²) in [5.41, 5.74) is 1.91. The Kier molecular flexibility index (Phi) is 3.76. The lowest BCUT2D eigenvalue weighted by atomic mass is 9.78. The highest BCUT2D eigenvalue weighted by atomic mass is 32.1. The molecule has 1 N–H and O–H groups in total. The van der Waals surface area contributed by atoms with Gasteiger partial charge in [0.2, 0.25) is 0 Å². The van der Waals surface area contributed by atoms with Crippen LogP contribution in [0.4, 0.5) is 0 Å². The molecule has 1 heterocycles. The van der Waals surface area contributed by atoms with Crippen LogP contribution in [0.25, 0.3) is 0 Å². The summed E-state index contributed by atoms with van der Waals surface area (Å²) >= 11 is 1.74. The molecule has 0 radical (unpaired) electrons. The minimum Gasteiger partial charge on any atom is -0.309 e. The summed E-state index contributed by atoms with van der Waals surface area (Å²) in [6.07, 6.45) is 6.09.